The minimum Gasteiger partial charge on any atom is -0.438 e. The molecule has 0 aromatic carbocycles. The molecule has 18 heteroatoms. The van der Waals surface area contributed by atoms with Gasteiger partial charge < -0.3 is 34.5 Å². The minimum atomic E-state index is -4.79. The standard InChI is InChI=1S/C29H41ClFN4O10PS/c1-2-3-4-5-6-7-8-9-23(36)43-16-44-46(39,40)17-47(41,42)15-22-25(37)26(38)29(45-22)35-11-10-20-24(33-19-12-18(31)13-19)21(14-32)27(30)34-28(20)35/h10-11,18-19,22,25-26,29,37-38H,2-9,12-13,15-17H2,1H3,(H,33,34)(H,39,40)/t18-,19+,22-,25-,26-,29-/m1/s1. The summed E-state index contributed by atoms with van der Waals surface area (Å²) in [4.78, 5) is 26.3. The van der Waals surface area contributed by atoms with E-state index in [1.807, 2.05) is 6.07 Å². The van der Waals surface area contributed by atoms with Crippen LogP contribution in [0.5, 0.6) is 0 Å². The number of carbonyl (C=O) groups excluding carboxylic acids is 1. The van der Waals surface area contributed by atoms with Crippen molar-refractivity contribution in [2.24, 2.45) is 0 Å². The van der Waals surface area contributed by atoms with Gasteiger partial charge in [0.15, 0.2) is 26.7 Å². The Balaban J connectivity index is 1.33. The number of pyridine rings is 1. The number of unbranched alkanes of at least 4 members (excludes halogenated alkanes) is 6. The van der Waals surface area contributed by atoms with Crippen molar-refractivity contribution in [3.05, 3.63) is 23.0 Å². The number of carbonyl (C=O) groups is 1. The number of anilines is 1. The molecule has 1 aliphatic heterocycles. The normalized spacial score (nSPS) is 25.6. The van der Waals surface area contributed by atoms with E-state index >= 15 is 0 Å². The van der Waals surface area contributed by atoms with E-state index in [9.17, 15) is 42.5 Å². The summed E-state index contributed by atoms with van der Waals surface area (Å²) in [5.74, 6) is -1.58. The lowest BCUT2D eigenvalue weighted by atomic mass is 9.90. The van der Waals surface area contributed by atoms with Gasteiger partial charge in [-0.15, -0.1) is 0 Å². The fourth-order valence-corrected chi connectivity index (χ4v) is 9.54. The molecule has 1 saturated carbocycles. The fraction of sp³-hybridized carbons (Fsp3) is 0.690. The smallest absolute Gasteiger partial charge is 0.346 e. The van der Waals surface area contributed by atoms with Crippen molar-refractivity contribution >= 4 is 51.7 Å². The molecule has 47 heavy (non-hydrogen) atoms. The molecule has 0 radical (unpaired) electrons. The number of aromatic nitrogens is 2. The number of aliphatic hydroxyl groups is 2. The Morgan fingerprint density at radius 1 is 1.23 bits per heavy atom. The summed E-state index contributed by atoms with van der Waals surface area (Å²) < 4.78 is 68.2. The number of fused-ring (bicyclic) bond motifs is 1. The van der Waals surface area contributed by atoms with Crippen LogP contribution in [0.2, 0.25) is 5.15 Å². The predicted octanol–water partition coefficient (Wildman–Crippen LogP) is 4.31. The first kappa shape index (κ1) is 37.5. The second-order valence-corrected chi connectivity index (χ2v) is 16.7. The highest BCUT2D eigenvalue weighted by molar-refractivity contribution is 7.97. The van der Waals surface area contributed by atoms with Crippen molar-refractivity contribution in [1.82, 2.24) is 9.55 Å². The lowest BCUT2D eigenvalue weighted by Gasteiger charge is -2.31. The molecule has 2 aliphatic rings. The number of esters is 1. The first-order valence-electron chi connectivity index (χ1n) is 15.6. The number of hydrogen-bond acceptors (Lipinski definition) is 12. The van der Waals surface area contributed by atoms with E-state index in [0.717, 1.165) is 32.1 Å². The van der Waals surface area contributed by atoms with Gasteiger partial charge in [0.1, 0.15) is 41.8 Å². The number of ether oxygens (including phenoxy) is 2. The maximum Gasteiger partial charge on any atom is 0.346 e. The van der Waals surface area contributed by atoms with Gasteiger partial charge in [0.05, 0.1) is 11.4 Å². The van der Waals surface area contributed by atoms with Crippen LogP contribution in [0, 0.1) is 11.3 Å². The molecule has 0 amide bonds. The molecule has 5 atom stereocenters. The summed E-state index contributed by atoms with van der Waals surface area (Å²) in [6, 6.07) is 3.30. The number of nitriles is 1. The highest BCUT2D eigenvalue weighted by atomic mass is 35.5. The molecule has 2 fully saturated rings. The van der Waals surface area contributed by atoms with Crippen LogP contribution in [-0.4, -0.2) is 87.6 Å². The molecule has 0 bridgehead atoms. The fourth-order valence-electron chi connectivity index (χ4n) is 5.63. The molecule has 4 rings (SSSR count). The van der Waals surface area contributed by atoms with E-state index in [4.69, 9.17) is 25.6 Å². The monoisotopic (exact) mass is 722 g/mol. The van der Waals surface area contributed by atoms with Gasteiger partial charge in [-0.3, -0.25) is 13.9 Å². The van der Waals surface area contributed by atoms with Crippen molar-refractivity contribution in [2.45, 2.75) is 108 Å². The molecular weight excluding hydrogens is 682 g/mol. The number of nitrogens with zero attached hydrogens (tertiary/aromatic N) is 3. The average molecular weight is 723 g/mol. The Kier molecular flexibility index (Phi) is 13.0. The number of rotatable bonds is 18. The van der Waals surface area contributed by atoms with Crippen LogP contribution < -0.4 is 5.32 Å². The van der Waals surface area contributed by atoms with Crippen LogP contribution in [0.15, 0.2) is 12.3 Å². The van der Waals surface area contributed by atoms with Crippen LogP contribution in [0.1, 0.15) is 82.9 Å². The summed E-state index contributed by atoms with van der Waals surface area (Å²) >= 11 is 6.28. The number of hydrogen-bond donors (Lipinski definition) is 4. The summed E-state index contributed by atoms with van der Waals surface area (Å²) in [7, 11) is -9.22. The predicted molar refractivity (Wildman–Crippen MR) is 170 cm³/mol. The molecule has 4 N–H and O–H groups in total. The number of alkyl halides is 1. The first-order chi connectivity index (χ1) is 22.2. The Labute approximate surface area is 277 Å². The quantitative estimate of drug-likeness (QED) is 0.0556. The van der Waals surface area contributed by atoms with Gasteiger partial charge in [-0.2, -0.15) is 5.26 Å². The van der Waals surface area contributed by atoms with E-state index in [0.29, 0.717) is 17.5 Å². The number of sulfone groups is 1. The van der Waals surface area contributed by atoms with E-state index in [-0.39, 0.29) is 41.7 Å². The lowest BCUT2D eigenvalue weighted by Crippen LogP contribution is -2.36. The Morgan fingerprint density at radius 2 is 1.91 bits per heavy atom. The van der Waals surface area contributed by atoms with Gasteiger partial charge in [-0.25, -0.2) is 17.8 Å². The highest BCUT2D eigenvalue weighted by Gasteiger charge is 2.47. The lowest BCUT2D eigenvalue weighted by molar-refractivity contribution is -0.150. The summed E-state index contributed by atoms with van der Waals surface area (Å²) in [5, 5.41) is 34.5. The molecule has 2 aromatic heterocycles. The van der Waals surface area contributed by atoms with E-state index in [1.54, 1.807) is 6.07 Å². The Morgan fingerprint density at radius 3 is 2.57 bits per heavy atom. The van der Waals surface area contributed by atoms with Crippen LogP contribution in [0.3, 0.4) is 0 Å². The van der Waals surface area contributed by atoms with Crippen molar-refractivity contribution in [3.8, 4) is 6.07 Å². The zero-order valence-corrected chi connectivity index (χ0v) is 28.4. The molecule has 262 valence electrons. The van der Waals surface area contributed by atoms with Crippen molar-refractivity contribution in [2.75, 3.05) is 23.4 Å². The van der Waals surface area contributed by atoms with Crippen LogP contribution >= 0.6 is 19.2 Å². The minimum absolute atomic E-state index is 0.0368. The second kappa shape index (κ2) is 16.4. The topological polar surface area (TPSA) is 210 Å². The van der Waals surface area contributed by atoms with Gasteiger partial charge >= 0.3 is 13.6 Å². The molecule has 3 heterocycles. The zero-order valence-electron chi connectivity index (χ0n) is 26.0. The molecule has 2 aromatic rings. The summed E-state index contributed by atoms with van der Waals surface area (Å²) in [6.45, 7) is 1.22. The second-order valence-electron chi connectivity index (χ2n) is 12.0. The van der Waals surface area contributed by atoms with Gasteiger partial charge in [-0.05, 0) is 25.3 Å². The molecule has 1 unspecified atom stereocenters. The molecule has 0 spiro atoms. The molecular formula is C29H41ClFN4O10PS. The average Bonchev–Trinajstić information content (AvgIpc) is 3.50. The third-order valence-corrected chi connectivity index (χ3v) is 12.7. The highest BCUT2D eigenvalue weighted by Crippen LogP contribution is 2.44. The number of nitrogens with one attached hydrogen (secondary N) is 1. The Bertz CT molecular complexity index is 1600. The molecule has 1 aliphatic carbocycles. The summed E-state index contributed by atoms with van der Waals surface area (Å²) in [5.41, 5.74) is -0.858. The van der Waals surface area contributed by atoms with Gasteiger partial charge in [0.25, 0.3) is 0 Å². The van der Waals surface area contributed by atoms with E-state index < -0.39 is 72.2 Å². The van der Waals surface area contributed by atoms with Crippen molar-refractivity contribution in [3.63, 3.8) is 0 Å². The van der Waals surface area contributed by atoms with E-state index in [2.05, 4.69) is 17.2 Å². The maximum atomic E-state index is 13.4. The van der Waals surface area contributed by atoms with Crippen LogP contribution in [-0.2, 0) is 33.2 Å². The Hall–Kier alpha value is -2.35. The maximum absolute atomic E-state index is 13.4. The zero-order chi connectivity index (χ0) is 34.4. The van der Waals surface area contributed by atoms with Gasteiger partial charge in [-0.1, -0.05) is 57.0 Å². The number of aliphatic hydroxyl groups excluding tert-OH is 2. The van der Waals surface area contributed by atoms with E-state index in [1.165, 1.54) is 17.2 Å². The third-order valence-electron chi connectivity index (χ3n) is 8.21. The van der Waals surface area contributed by atoms with Crippen molar-refractivity contribution in [1.29, 1.82) is 5.26 Å². The van der Waals surface area contributed by atoms with Crippen LogP contribution in [0.4, 0.5) is 10.1 Å². The van der Waals surface area contributed by atoms with Crippen molar-refractivity contribution < 1.29 is 51.3 Å². The van der Waals surface area contributed by atoms with Gasteiger partial charge in [0, 0.05) is 24.0 Å². The molecule has 1 saturated heterocycles. The van der Waals surface area contributed by atoms with Crippen LogP contribution in [0.25, 0.3) is 11.0 Å². The molecule has 14 nitrogen and oxygen atoms in total. The summed E-state index contributed by atoms with van der Waals surface area (Å²) in [6.07, 6.45) is 1.80. The third kappa shape index (κ3) is 9.86. The first-order valence-corrected chi connectivity index (χ1v) is 19.6. The van der Waals surface area contributed by atoms with Gasteiger partial charge in [0.2, 0.25) is 6.79 Å². The SMILES string of the molecule is CCCCCCCCCC(=O)OCOP(=O)(O)CS(=O)(=O)C[C@H]1O[C@@H](n2ccc3c(N[C@H]4C[C@@H](F)C4)c(C#N)c(Cl)nc32)[C@H](O)[C@@H]1O. The largest absolute Gasteiger partial charge is 0.438 e. The number of halogens is 2.